The van der Waals surface area contributed by atoms with Gasteiger partial charge in [-0.3, -0.25) is 14.5 Å². The summed E-state index contributed by atoms with van der Waals surface area (Å²) in [6, 6.07) is 1.70. The van der Waals surface area contributed by atoms with Crippen molar-refractivity contribution >= 4 is 145 Å². The number of fused-ring (bicyclic) bond motifs is 1. The molecule has 0 saturated carbocycles. The summed E-state index contributed by atoms with van der Waals surface area (Å²) in [4.78, 5) is 38.7. The van der Waals surface area contributed by atoms with Gasteiger partial charge in [-0.05, 0) is 134 Å². The van der Waals surface area contributed by atoms with Crippen molar-refractivity contribution in [2.75, 3.05) is 13.2 Å². The second kappa shape index (κ2) is 10.5. The number of hydrogen-bond donors (Lipinski definition) is 0. The van der Waals surface area contributed by atoms with Gasteiger partial charge >= 0.3 is 6.16 Å². The topological polar surface area (TPSA) is 72.9 Å². The zero-order valence-electron chi connectivity index (χ0n) is 14.5. The van der Waals surface area contributed by atoms with Crippen molar-refractivity contribution in [1.82, 2.24) is 4.90 Å². The van der Waals surface area contributed by atoms with E-state index in [0.717, 1.165) is 9.37 Å². The van der Waals surface area contributed by atoms with Crippen LogP contribution in [0.15, 0.2) is 41.8 Å². The molecular weight excluding hydrogens is 937 g/mol. The summed E-state index contributed by atoms with van der Waals surface area (Å²) >= 11 is 26.8. The minimum absolute atomic E-state index is 0.137. The second-order valence-corrected chi connectivity index (χ2v) is 12.2. The highest BCUT2D eigenvalue weighted by Gasteiger charge is 2.40. The average Bonchev–Trinajstić information content (AvgIpc) is 2.97. The molecule has 2 aromatic rings. The molecule has 0 aliphatic carbocycles. The van der Waals surface area contributed by atoms with Gasteiger partial charge in [0.25, 0.3) is 11.8 Å². The fourth-order valence-electron chi connectivity index (χ4n) is 2.57. The molecule has 0 saturated heterocycles. The van der Waals surface area contributed by atoms with Gasteiger partial charge in [0.15, 0.2) is 5.75 Å². The van der Waals surface area contributed by atoms with E-state index in [1.54, 1.807) is 6.07 Å². The zero-order chi connectivity index (χ0) is 23.2. The lowest BCUT2D eigenvalue weighted by Crippen LogP contribution is -2.33. The molecule has 6 nitrogen and oxygen atoms in total. The van der Waals surface area contributed by atoms with Gasteiger partial charge < -0.3 is 9.47 Å². The summed E-state index contributed by atoms with van der Waals surface area (Å²) in [6.45, 7) is -0.378. The van der Waals surface area contributed by atoms with E-state index in [9.17, 15) is 14.4 Å². The number of carbonyl (C=O) groups excluding carboxylic acids is 3. The Morgan fingerprint density at radius 3 is 1.77 bits per heavy atom. The third kappa shape index (κ3) is 5.06. The Labute approximate surface area is 243 Å². The van der Waals surface area contributed by atoms with Crippen LogP contribution < -0.4 is 4.74 Å². The number of carbonyl (C=O) groups is 3. The van der Waals surface area contributed by atoms with E-state index in [2.05, 4.69) is 127 Å². The van der Waals surface area contributed by atoms with Crippen LogP contribution in [-0.4, -0.2) is 36.0 Å². The zero-order valence-corrected chi connectivity index (χ0v) is 27.2. The minimum Gasteiger partial charge on any atom is -0.432 e. The fraction of sp³-hybridized carbons (Fsp3) is 0.118. The van der Waals surface area contributed by atoms with Gasteiger partial charge in [0, 0.05) is 26.8 Å². The van der Waals surface area contributed by atoms with Crippen LogP contribution in [0, 0.1) is 0 Å². The van der Waals surface area contributed by atoms with Crippen molar-refractivity contribution in [1.29, 1.82) is 0 Å². The summed E-state index contributed by atoms with van der Waals surface area (Å²) in [5.74, 6) is -0.788. The van der Waals surface area contributed by atoms with E-state index in [1.165, 1.54) is 0 Å². The molecule has 0 aromatic heterocycles. The van der Waals surface area contributed by atoms with E-state index in [1.807, 2.05) is 0 Å². The molecule has 3 rings (SSSR count). The highest BCUT2D eigenvalue weighted by Crippen LogP contribution is 2.45. The molecule has 0 N–H and O–H groups in total. The molecule has 0 fully saturated rings. The molecular formula is C17H5Br8NO5. The summed E-state index contributed by atoms with van der Waals surface area (Å²) in [5, 5.41) is 0. The Hall–Kier alpha value is 0.690. The number of rotatable bonds is 4. The molecule has 2 aromatic carbocycles. The van der Waals surface area contributed by atoms with Crippen LogP contribution in [0.3, 0.4) is 0 Å². The Bertz CT molecular complexity index is 1110. The molecule has 2 amide bonds. The molecule has 31 heavy (non-hydrogen) atoms. The van der Waals surface area contributed by atoms with E-state index in [0.29, 0.717) is 31.3 Å². The highest BCUT2D eigenvalue weighted by molar-refractivity contribution is 9.15. The van der Waals surface area contributed by atoms with Crippen molar-refractivity contribution in [3.63, 3.8) is 0 Å². The number of halogens is 8. The van der Waals surface area contributed by atoms with Gasteiger partial charge in [0.1, 0.15) is 6.61 Å². The van der Waals surface area contributed by atoms with Crippen LogP contribution in [0.1, 0.15) is 20.7 Å². The number of nitrogens with zero attached hydrogens (tertiary/aromatic N) is 1. The first-order chi connectivity index (χ1) is 14.5. The number of hydrogen-bond acceptors (Lipinski definition) is 5. The normalized spacial score (nSPS) is 13.0. The lowest BCUT2D eigenvalue weighted by atomic mass is 10.1. The van der Waals surface area contributed by atoms with E-state index in [4.69, 9.17) is 9.47 Å². The molecule has 0 unspecified atom stereocenters. The van der Waals surface area contributed by atoms with Crippen molar-refractivity contribution in [3.8, 4) is 5.75 Å². The highest BCUT2D eigenvalue weighted by atomic mass is 79.9. The maximum atomic E-state index is 12.8. The first-order valence-electron chi connectivity index (χ1n) is 7.87. The lowest BCUT2D eigenvalue weighted by Gasteiger charge is -2.15. The molecule has 14 heteroatoms. The molecule has 0 radical (unpaired) electrons. The summed E-state index contributed by atoms with van der Waals surface area (Å²) < 4.78 is 14.8. The molecule has 1 aliphatic rings. The Morgan fingerprint density at radius 2 is 1.26 bits per heavy atom. The predicted octanol–water partition coefficient (Wildman–Crippen LogP) is 8.60. The van der Waals surface area contributed by atoms with Crippen molar-refractivity contribution in [3.05, 3.63) is 53.0 Å². The monoisotopic (exact) mass is 934 g/mol. The van der Waals surface area contributed by atoms with Crippen LogP contribution in [0.25, 0.3) is 0 Å². The quantitative estimate of drug-likeness (QED) is 0.101. The Kier molecular flexibility index (Phi) is 8.93. The molecule has 0 atom stereocenters. The third-order valence-corrected chi connectivity index (χ3v) is 12.6. The lowest BCUT2D eigenvalue weighted by molar-refractivity contribution is 0.0562. The number of ether oxygens (including phenoxy) is 2. The van der Waals surface area contributed by atoms with Gasteiger partial charge in [0.05, 0.1) is 26.6 Å². The average molecular weight is 942 g/mol. The fourth-order valence-corrected chi connectivity index (χ4v) is 7.61. The van der Waals surface area contributed by atoms with E-state index >= 15 is 0 Å². The SMILES string of the molecule is O=C(OCCN1C(=O)c2c(Br)c(Br)c(Br)c(Br)c2C1=O)Oc1c(Br)cc(Br)c(Br)c1Br. The number of benzene rings is 2. The molecule has 1 aliphatic heterocycles. The summed E-state index contributed by atoms with van der Waals surface area (Å²) in [7, 11) is 0. The smallest absolute Gasteiger partial charge is 0.432 e. The Morgan fingerprint density at radius 1 is 0.742 bits per heavy atom. The largest absolute Gasteiger partial charge is 0.513 e. The van der Waals surface area contributed by atoms with Crippen molar-refractivity contribution < 1.29 is 23.9 Å². The van der Waals surface area contributed by atoms with E-state index in [-0.39, 0.29) is 30.0 Å². The van der Waals surface area contributed by atoms with Gasteiger partial charge in [-0.15, -0.1) is 0 Å². The first kappa shape index (κ1) is 26.3. The van der Waals surface area contributed by atoms with Crippen molar-refractivity contribution in [2.45, 2.75) is 0 Å². The Balaban J connectivity index is 1.69. The van der Waals surface area contributed by atoms with Gasteiger partial charge in [-0.2, -0.15) is 0 Å². The summed E-state index contributed by atoms with van der Waals surface area (Å²) in [5.41, 5.74) is 0.448. The second-order valence-electron chi connectivity index (χ2n) is 5.77. The van der Waals surface area contributed by atoms with Crippen LogP contribution in [-0.2, 0) is 4.74 Å². The van der Waals surface area contributed by atoms with Gasteiger partial charge in [-0.25, -0.2) is 4.79 Å². The molecule has 0 bridgehead atoms. The minimum atomic E-state index is -0.986. The predicted molar refractivity (Wildman–Crippen MR) is 142 cm³/mol. The van der Waals surface area contributed by atoms with Gasteiger partial charge in [-0.1, -0.05) is 0 Å². The number of amides is 2. The molecule has 164 valence electrons. The maximum Gasteiger partial charge on any atom is 0.513 e. The van der Waals surface area contributed by atoms with Gasteiger partial charge in [0.2, 0.25) is 0 Å². The van der Waals surface area contributed by atoms with Crippen LogP contribution in [0.5, 0.6) is 5.75 Å². The standard InChI is InChI=1S/C17H5Br8NO5/c18-4-3-5(19)14(13(25)8(4)20)31-17(29)30-2-1-26-15(27)6-7(16(26)28)10(22)12(24)11(23)9(6)21/h3H,1-2H2. The van der Waals surface area contributed by atoms with E-state index < -0.39 is 18.0 Å². The van der Waals surface area contributed by atoms with Crippen LogP contribution in [0.2, 0.25) is 0 Å². The van der Waals surface area contributed by atoms with Crippen LogP contribution in [0.4, 0.5) is 4.79 Å². The number of imide groups is 1. The molecule has 1 heterocycles. The first-order valence-corrected chi connectivity index (χ1v) is 14.2. The van der Waals surface area contributed by atoms with Crippen molar-refractivity contribution in [2.24, 2.45) is 0 Å². The van der Waals surface area contributed by atoms with Crippen LogP contribution >= 0.6 is 127 Å². The molecule has 0 spiro atoms. The maximum absolute atomic E-state index is 12.8. The third-order valence-electron chi connectivity index (χ3n) is 3.98. The summed E-state index contributed by atoms with van der Waals surface area (Å²) in [6.07, 6.45) is -0.986.